The highest BCUT2D eigenvalue weighted by Crippen LogP contribution is 2.29. The van der Waals surface area contributed by atoms with E-state index in [1.165, 1.54) is 5.56 Å². The molecule has 0 spiro atoms. The number of hydrogen-bond acceptors (Lipinski definition) is 5. The van der Waals surface area contributed by atoms with Crippen molar-refractivity contribution < 1.29 is 14.4 Å². The summed E-state index contributed by atoms with van der Waals surface area (Å²) in [6.07, 6.45) is 1.07. The van der Waals surface area contributed by atoms with E-state index in [9.17, 15) is 4.79 Å². The molecule has 0 aliphatic carbocycles. The summed E-state index contributed by atoms with van der Waals surface area (Å²) in [6, 6.07) is 16.3. The van der Waals surface area contributed by atoms with Crippen molar-refractivity contribution in [1.82, 2.24) is 15.0 Å². The maximum atomic E-state index is 10.9. The van der Waals surface area contributed by atoms with E-state index in [1.54, 1.807) is 0 Å². The molecule has 0 amide bonds. The molecule has 0 atom stereocenters. The Bertz CT molecular complexity index is 1020. The van der Waals surface area contributed by atoms with Crippen LogP contribution in [0.4, 0.5) is 0 Å². The lowest BCUT2D eigenvalue weighted by molar-refractivity contribution is -0.147. The monoisotopic (exact) mass is 405 g/mol. The highest BCUT2D eigenvalue weighted by atomic mass is 16.5. The van der Waals surface area contributed by atoms with E-state index in [0.29, 0.717) is 24.8 Å². The number of carboxylic acid groups (broad SMARTS) is 1. The van der Waals surface area contributed by atoms with Gasteiger partial charge >= 0.3 is 5.97 Å². The van der Waals surface area contributed by atoms with Crippen LogP contribution >= 0.6 is 0 Å². The Labute approximate surface area is 176 Å². The highest BCUT2D eigenvalue weighted by Gasteiger charge is 2.32. The smallest absolute Gasteiger partial charge is 0.309 e. The molecular formula is C24H27N3O3. The van der Waals surface area contributed by atoms with Crippen LogP contribution in [0, 0.1) is 5.92 Å². The topological polar surface area (TPSA) is 79.5 Å². The third-order valence-corrected chi connectivity index (χ3v) is 6.15. The zero-order valence-electron chi connectivity index (χ0n) is 17.6. The average Bonchev–Trinajstić information content (AvgIpc) is 3.21. The second-order valence-corrected chi connectivity index (χ2v) is 8.66. The van der Waals surface area contributed by atoms with Gasteiger partial charge in [0.25, 0.3) is 5.89 Å². The Hall–Kier alpha value is -2.99. The summed E-state index contributed by atoms with van der Waals surface area (Å²) < 4.78 is 5.49. The number of benzene rings is 2. The third kappa shape index (κ3) is 4.14. The van der Waals surface area contributed by atoms with Gasteiger partial charge in [0.2, 0.25) is 5.82 Å². The van der Waals surface area contributed by atoms with E-state index >= 15 is 0 Å². The van der Waals surface area contributed by atoms with E-state index in [1.807, 2.05) is 36.4 Å². The van der Waals surface area contributed by atoms with Crippen molar-refractivity contribution in [2.45, 2.75) is 39.2 Å². The molecule has 1 saturated heterocycles. The molecule has 30 heavy (non-hydrogen) atoms. The number of aliphatic carboxylic acids is 1. The minimum atomic E-state index is -0.710. The molecule has 4 rings (SSSR count). The van der Waals surface area contributed by atoms with Gasteiger partial charge < -0.3 is 9.63 Å². The van der Waals surface area contributed by atoms with Crippen molar-refractivity contribution in [1.29, 1.82) is 0 Å². The molecule has 2 aromatic carbocycles. The Morgan fingerprint density at radius 2 is 1.73 bits per heavy atom. The van der Waals surface area contributed by atoms with Crippen molar-refractivity contribution in [3.63, 3.8) is 0 Å². The lowest BCUT2D eigenvalue weighted by Gasteiger charge is -2.36. The largest absolute Gasteiger partial charge is 0.481 e. The first-order valence-electron chi connectivity index (χ1n) is 10.3. The summed E-state index contributed by atoms with van der Waals surface area (Å²) in [4.78, 5) is 17.6. The van der Waals surface area contributed by atoms with E-state index in [0.717, 1.165) is 29.7 Å². The van der Waals surface area contributed by atoms with Gasteiger partial charge in [0.15, 0.2) is 0 Å². The Balaban J connectivity index is 1.42. The molecule has 0 saturated carbocycles. The standard InChI is InChI=1S/C24H27N3O3/c1-4-24(2,3)20-11-9-18(10-12-20)22-25-21(26-30-22)17-7-5-16(6-8-17)13-27-14-19(15-27)23(28)29/h5-12,19H,4,13-15H2,1-3H3,(H,28,29). The number of likely N-dealkylation sites (tertiary alicyclic amines) is 1. The third-order valence-electron chi connectivity index (χ3n) is 6.15. The van der Waals surface area contributed by atoms with Gasteiger partial charge in [-0.25, -0.2) is 0 Å². The van der Waals surface area contributed by atoms with E-state index in [2.05, 4.69) is 47.9 Å². The van der Waals surface area contributed by atoms with Gasteiger partial charge in [0.1, 0.15) is 0 Å². The van der Waals surface area contributed by atoms with Crippen molar-refractivity contribution in [3.05, 3.63) is 59.7 Å². The van der Waals surface area contributed by atoms with Gasteiger partial charge in [-0.05, 0) is 35.1 Å². The molecular weight excluding hydrogens is 378 g/mol. The van der Waals surface area contributed by atoms with Crippen molar-refractivity contribution in [3.8, 4) is 22.8 Å². The normalized spacial score (nSPS) is 15.2. The fourth-order valence-electron chi connectivity index (χ4n) is 3.60. The predicted molar refractivity (Wildman–Crippen MR) is 115 cm³/mol. The number of carboxylic acids is 1. The molecule has 1 aliphatic rings. The maximum absolute atomic E-state index is 10.9. The molecule has 3 aromatic rings. The quantitative estimate of drug-likeness (QED) is 0.618. The highest BCUT2D eigenvalue weighted by molar-refractivity contribution is 5.71. The first-order valence-corrected chi connectivity index (χ1v) is 10.3. The van der Waals surface area contributed by atoms with Crippen LogP contribution in [0.3, 0.4) is 0 Å². The summed E-state index contributed by atoms with van der Waals surface area (Å²) in [5.74, 6) is 0.127. The molecule has 0 radical (unpaired) electrons. The molecule has 0 bridgehead atoms. The van der Waals surface area contributed by atoms with Gasteiger partial charge in [-0.15, -0.1) is 0 Å². The summed E-state index contributed by atoms with van der Waals surface area (Å²) in [5, 5.41) is 13.1. The average molecular weight is 405 g/mol. The Morgan fingerprint density at radius 3 is 2.33 bits per heavy atom. The van der Waals surface area contributed by atoms with E-state index < -0.39 is 5.97 Å². The maximum Gasteiger partial charge on any atom is 0.309 e. The molecule has 6 nitrogen and oxygen atoms in total. The van der Waals surface area contributed by atoms with Gasteiger partial charge in [0, 0.05) is 30.8 Å². The number of nitrogens with zero attached hydrogens (tertiary/aromatic N) is 3. The second-order valence-electron chi connectivity index (χ2n) is 8.66. The van der Waals surface area contributed by atoms with Crippen LogP contribution in [-0.4, -0.2) is 39.2 Å². The lowest BCUT2D eigenvalue weighted by Crippen LogP contribution is -2.49. The summed E-state index contributed by atoms with van der Waals surface area (Å²) in [5.41, 5.74) is 4.38. The van der Waals surface area contributed by atoms with Gasteiger partial charge in [-0.2, -0.15) is 4.98 Å². The second kappa shape index (κ2) is 8.03. The van der Waals surface area contributed by atoms with E-state index in [-0.39, 0.29) is 11.3 Å². The predicted octanol–water partition coefficient (Wildman–Crippen LogP) is 4.61. The summed E-state index contributed by atoms with van der Waals surface area (Å²) >= 11 is 0. The molecule has 1 aromatic heterocycles. The van der Waals surface area contributed by atoms with Crippen LogP contribution in [-0.2, 0) is 16.8 Å². The lowest BCUT2D eigenvalue weighted by atomic mass is 9.82. The van der Waals surface area contributed by atoms with Crippen LogP contribution in [0.5, 0.6) is 0 Å². The van der Waals surface area contributed by atoms with Gasteiger partial charge in [-0.3, -0.25) is 9.69 Å². The SMILES string of the molecule is CCC(C)(C)c1ccc(-c2nc(-c3ccc(CN4CC(C(=O)O)C4)cc3)no2)cc1. The van der Waals surface area contributed by atoms with Crippen LogP contribution in [0.25, 0.3) is 22.8 Å². The fraction of sp³-hybridized carbons (Fsp3) is 0.375. The van der Waals surface area contributed by atoms with Gasteiger partial charge in [0.05, 0.1) is 5.92 Å². The number of rotatable bonds is 7. The van der Waals surface area contributed by atoms with Crippen LogP contribution in [0.2, 0.25) is 0 Å². The van der Waals surface area contributed by atoms with Crippen molar-refractivity contribution in [2.75, 3.05) is 13.1 Å². The first kappa shape index (κ1) is 20.3. The Morgan fingerprint density at radius 1 is 1.10 bits per heavy atom. The van der Waals surface area contributed by atoms with Crippen LogP contribution in [0.15, 0.2) is 53.1 Å². The van der Waals surface area contributed by atoms with E-state index in [4.69, 9.17) is 9.63 Å². The zero-order chi connectivity index (χ0) is 21.3. The number of aromatic nitrogens is 2. The summed E-state index contributed by atoms with van der Waals surface area (Å²) in [7, 11) is 0. The number of carbonyl (C=O) groups is 1. The minimum absolute atomic E-state index is 0.144. The van der Waals surface area contributed by atoms with Crippen LogP contribution < -0.4 is 0 Å². The first-order chi connectivity index (χ1) is 14.4. The minimum Gasteiger partial charge on any atom is -0.481 e. The van der Waals surface area contributed by atoms with Gasteiger partial charge in [-0.1, -0.05) is 62.3 Å². The molecule has 2 heterocycles. The molecule has 0 unspecified atom stereocenters. The fourth-order valence-corrected chi connectivity index (χ4v) is 3.60. The summed E-state index contributed by atoms with van der Waals surface area (Å²) in [6.45, 7) is 8.65. The molecule has 156 valence electrons. The molecule has 6 heteroatoms. The number of hydrogen-bond donors (Lipinski definition) is 1. The Kier molecular flexibility index (Phi) is 5.43. The molecule has 1 aliphatic heterocycles. The molecule has 1 fully saturated rings. The molecule has 1 N–H and O–H groups in total. The van der Waals surface area contributed by atoms with Crippen molar-refractivity contribution in [2.24, 2.45) is 5.92 Å². The zero-order valence-corrected chi connectivity index (χ0v) is 17.6. The van der Waals surface area contributed by atoms with Crippen LogP contribution in [0.1, 0.15) is 38.3 Å². The van der Waals surface area contributed by atoms with Crippen molar-refractivity contribution >= 4 is 5.97 Å².